The van der Waals surface area contributed by atoms with Gasteiger partial charge in [0.05, 0.1) is 18.8 Å². The number of rotatable bonds is 4. The van der Waals surface area contributed by atoms with Gasteiger partial charge in [0, 0.05) is 32.0 Å². The Bertz CT molecular complexity index is 1060. The number of fused-ring (bicyclic) bond motifs is 1. The van der Waals surface area contributed by atoms with Crippen molar-refractivity contribution in [3.8, 4) is 11.5 Å². The number of amides is 1. The number of carbonyl (C=O) groups excluding carboxylic acids is 2. The van der Waals surface area contributed by atoms with Gasteiger partial charge in [0.25, 0.3) is 5.91 Å². The van der Waals surface area contributed by atoms with Gasteiger partial charge in [-0.05, 0) is 35.9 Å². The lowest BCUT2D eigenvalue weighted by Gasteiger charge is -2.37. The van der Waals surface area contributed by atoms with E-state index in [1.165, 1.54) is 12.1 Å². The zero-order valence-electron chi connectivity index (χ0n) is 17.3. The van der Waals surface area contributed by atoms with Gasteiger partial charge in [0.15, 0.2) is 18.2 Å². The van der Waals surface area contributed by atoms with Crippen molar-refractivity contribution in [2.24, 2.45) is 0 Å². The summed E-state index contributed by atoms with van der Waals surface area (Å²) >= 11 is 0. The smallest absolute Gasteiger partial charge is 0.260 e. The molecular formula is C24H22FNO6. The van der Waals surface area contributed by atoms with Crippen molar-refractivity contribution in [2.45, 2.75) is 18.6 Å². The minimum Gasteiger partial charge on any atom is -0.484 e. The number of hydrogen-bond donors (Lipinski definition) is 0. The highest BCUT2D eigenvalue weighted by atomic mass is 19.1. The minimum absolute atomic E-state index is 0.111. The number of ether oxygens (including phenoxy) is 4. The van der Waals surface area contributed by atoms with Crippen LogP contribution in [0, 0.1) is 5.82 Å². The molecule has 0 bridgehead atoms. The molecule has 0 radical (unpaired) electrons. The fourth-order valence-electron chi connectivity index (χ4n) is 4.09. The van der Waals surface area contributed by atoms with Crippen LogP contribution in [0.4, 0.5) is 4.39 Å². The quantitative estimate of drug-likeness (QED) is 0.682. The third-order valence-electron chi connectivity index (χ3n) is 5.86. The first kappa shape index (κ1) is 20.7. The van der Waals surface area contributed by atoms with Crippen molar-refractivity contribution in [1.29, 1.82) is 0 Å². The molecule has 0 aliphatic carbocycles. The summed E-state index contributed by atoms with van der Waals surface area (Å²) < 4.78 is 35.8. The topological polar surface area (TPSA) is 74.3 Å². The summed E-state index contributed by atoms with van der Waals surface area (Å²) in [6, 6.07) is 10.6. The second-order valence-electron chi connectivity index (χ2n) is 7.93. The molecule has 3 aliphatic heterocycles. The lowest BCUT2D eigenvalue weighted by molar-refractivity contribution is -0.187. The number of nitrogens with zero attached hydrogens (tertiary/aromatic N) is 1. The van der Waals surface area contributed by atoms with Crippen molar-refractivity contribution < 1.29 is 32.9 Å². The van der Waals surface area contributed by atoms with Gasteiger partial charge in [-0.25, -0.2) is 4.39 Å². The molecule has 2 fully saturated rings. The van der Waals surface area contributed by atoms with Crippen LogP contribution in [0.15, 0.2) is 48.2 Å². The lowest BCUT2D eigenvalue weighted by Crippen LogP contribution is -2.48. The second-order valence-corrected chi connectivity index (χ2v) is 7.93. The fourth-order valence-corrected chi connectivity index (χ4v) is 4.09. The van der Waals surface area contributed by atoms with Gasteiger partial charge < -0.3 is 23.8 Å². The Kier molecular flexibility index (Phi) is 5.40. The Morgan fingerprint density at radius 2 is 1.81 bits per heavy atom. The summed E-state index contributed by atoms with van der Waals surface area (Å²) in [6.07, 6.45) is 2.86. The summed E-state index contributed by atoms with van der Waals surface area (Å²) in [5.74, 6) is -0.306. The van der Waals surface area contributed by atoms with Crippen LogP contribution >= 0.6 is 0 Å². The molecule has 0 atom stereocenters. The number of piperidine rings is 1. The molecule has 2 saturated heterocycles. The van der Waals surface area contributed by atoms with E-state index in [1.54, 1.807) is 41.3 Å². The molecule has 0 saturated carbocycles. The highest BCUT2D eigenvalue weighted by molar-refractivity contribution is 6.14. The van der Waals surface area contributed by atoms with Gasteiger partial charge in [-0.1, -0.05) is 12.1 Å². The second kappa shape index (κ2) is 8.37. The molecule has 166 valence electrons. The maximum atomic E-state index is 13.1. The molecule has 2 aromatic rings. The van der Waals surface area contributed by atoms with Crippen LogP contribution in [0.2, 0.25) is 0 Å². The molecule has 0 N–H and O–H groups in total. The van der Waals surface area contributed by atoms with E-state index in [4.69, 9.17) is 18.9 Å². The Hall–Kier alpha value is -3.23. The van der Waals surface area contributed by atoms with E-state index in [0.29, 0.717) is 61.8 Å². The van der Waals surface area contributed by atoms with E-state index in [9.17, 15) is 14.0 Å². The van der Waals surface area contributed by atoms with Crippen LogP contribution in [0.25, 0.3) is 6.08 Å². The summed E-state index contributed by atoms with van der Waals surface area (Å²) in [4.78, 5) is 26.9. The molecule has 1 spiro atoms. The van der Waals surface area contributed by atoms with Crippen LogP contribution in [0.5, 0.6) is 11.5 Å². The van der Waals surface area contributed by atoms with Gasteiger partial charge in [0.2, 0.25) is 5.78 Å². The SMILES string of the molecule is O=C1C(=Cc2ccc(F)cc2)Oc2cc(OCC(=O)N3CCC4(CC3)OCCO4)ccc21. The maximum absolute atomic E-state index is 13.1. The van der Waals surface area contributed by atoms with E-state index >= 15 is 0 Å². The number of hydrogen-bond acceptors (Lipinski definition) is 6. The molecule has 5 rings (SSSR count). The highest BCUT2D eigenvalue weighted by Crippen LogP contribution is 2.35. The Morgan fingerprint density at radius 1 is 1.09 bits per heavy atom. The summed E-state index contributed by atoms with van der Waals surface area (Å²) in [6.45, 7) is 2.20. The van der Waals surface area contributed by atoms with Gasteiger partial charge >= 0.3 is 0 Å². The molecular weight excluding hydrogens is 417 g/mol. The Balaban J connectivity index is 1.19. The van der Waals surface area contributed by atoms with E-state index in [2.05, 4.69) is 0 Å². The van der Waals surface area contributed by atoms with Crippen LogP contribution in [0.1, 0.15) is 28.8 Å². The third kappa shape index (κ3) is 4.11. The molecule has 0 unspecified atom stereocenters. The van der Waals surface area contributed by atoms with Crippen LogP contribution in [-0.4, -0.2) is 55.3 Å². The predicted molar refractivity (Wildman–Crippen MR) is 112 cm³/mol. The molecule has 2 aromatic carbocycles. The number of carbonyl (C=O) groups is 2. The van der Waals surface area contributed by atoms with Crippen molar-refractivity contribution in [2.75, 3.05) is 32.9 Å². The predicted octanol–water partition coefficient (Wildman–Crippen LogP) is 3.19. The first-order chi connectivity index (χ1) is 15.5. The van der Waals surface area contributed by atoms with Gasteiger partial charge in [-0.3, -0.25) is 9.59 Å². The van der Waals surface area contributed by atoms with Crippen LogP contribution in [-0.2, 0) is 14.3 Å². The number of likely N-dealkylation sites (tertiary alicyclic amines) is 1. The number of ketones is 1. The zero-order valence-corrected chi connectivity index (χ0v) is 17.3. The van der Waals surface area contributed by atoms with E-state index in [0.717, 1.165) is 0 Å². The molecule has 0 aromatic heterocycles. The standard InChI is InChI=1S/C24H22FNO6/c25-17-3-1-16(2-4-17)13-21-23(28)19-6-5-18(14-20(19)32-21)29-15-22(27)26-9-7-24(8-10-26)30-11-12-31-24/h1-6,13-14H,7-12,15H2. The number of halogens is 1. The lowest BCUT2D eigenvalue weighted by atomic mass is 10.0. The first-order valence-electron chi connectivity index (χ1n) is 10.5. The number of benzene rings is 2. The molecule has 7 nitrogen and oxygen atoms in total. The van der Waals surface area contributed by atoms with Crippen molar-refractivity contribution in [3.05, 3.63) is 65.2 Å². The molecule has 8 heteroatoms. The first-order valence-corrected chi connectivity index (χ1v) is 10.5. The highest BCUT2D eigenvalue weighted by Gasteiger charge is 2.40. The van der Waals surface area contributed by atoms with Crippen molar-refractivity contribution in [3.63, 3.8) is 0 Å². The van der Waals surface area contributed by atoms with Crippen LogP contribution in [0.3, 0.4) is 0 Å². The molecule has 3 heterocycles. The average Bonchev–Trinajstić information content (AvgIpc) is 3.38. The number of Topliss-reactive ketones (excluding diaryl/α,β-unsaturated/α-hetero) is 1. The van der Waals surface area contributed by atoms with Crippen molar-refractivity contribution >= 4 is 17.8 Å². The maximum Gasteiger partial charge on any atom is 0.260 e. The number of allylic oxidation sites excluding steroid dienone is 1. The van der Waals surface area contributed by atoms with E-state index in [1.807, 2.05) is 0 Å². The largest absolute Gasteiger partial charge is 0.484 e. The summed E-state index contributed by atoms with van der Waals surface area (Å²) in [5.41, 5.74) is 1.07. The minimum atomic E-state index is -0.527. The van der Waals surface area contributed by atoms with Gasteiger partial charge in [0.1, 0.15) is 17.3 Å². The monoisotopic (exact) mass is 439 g/mol. The Labute approximate surface area is 184 Å². The molecule has 1 amide bonds. The average molecular weight is 439 g/mol. The fraction of sp³-hybridized carbons (Fsp3) is 0.333. The van der Waals surface area contributed by atoms with Gasteiger partial charge in [-0.2, -0.15) is 0 Å². The van der Waals surface area contributed by atoms with Crippen molar-refractivity contribution in [1.82, 2.24) is 4.90 Å². The third-order valence-corrected chi connectivity index (χ3v) is 5.86. The normalized spacial score (nSPS) is 20.5. The molecule has 3 aliphatic rings. The summed E-state index contributed by atoms with van der Waals surface area (Å²) in [5, 5.41) is 0. The molecule has 32 heavy (non-hydrogen) atoms. The summed E-state index contributed by atoms with van der Waals surface area (Å²) in [7, 11) is 0. The van der Waals surface area contributed by atoms with E-state index < -0.39 is 5.79 Å². The Morgan fingerprint density at radius 3 is 2.53 bits per heavy atom. The zero-order chi connectivity index (χ0) is 22.1. The van der Waals surface area contributed by atoms with Gasteiger partial charge in [-0.15, -0.1) is 0 Å². The van der Waals surface area contributed by atoms with E-state index in [-0.39, 0.29) is 29.9 Å². The van der Waals surface area contributed by atoms with Crippen LogP contribution < -0.4 is 9.47 Å².